The number of carbonyl (C=O) groups excluding carboxylic acids is 1. The van der Waals surface area contributed by atoms with Crippen LogP contribution in [-0.4, -0.2) is 58.4 Å². The van der Waals surface area contributed by atoms with Crippen molar-refractivity contribution in [2.75, 3.05) is 33.1 Å². The fourth-order valence-corrected chi connectivity index (χ4v) is 3.58. The number of ether oxygens (including phenoxy) is 1. The zero-order chi connectivity index (χ0) is 23.2. The number of anilines is 2. The van der Waals surface area contributed by atoms with E-state index in [2.05, 4.69) is 30.2 Å². The lowest BCUT2D eigenvalue weighted by molar-refractivity contribution is 0.0974. The van der Waals surface area contributed by atoms with Crippen LogP contribution < -0.4 is 10.1 Å². The van der Waals surface area contributed by atoms with E-state index < -0.39 is 0 Å². The van der Waals surface area contributed by atoms with Gasteiger partial charge in [-0.3, -0.25) is 9.78 Å². The van der Waals surface area contributed by atoms with Gasteiger partial charge in [0.05, 0.1) is 24.2 Å². The third-order valence-electron chi connectivity index (χ3n) is 5.32. The summed E-state index contributed by atoms with van der Waals surface area (Å²) in [5.74, 6) is 1.32. The van der Waals surface area contributed by atoms with E-state index in [1.165, 1.54) is 0 Å². The minimum Gasteiger partial charge on any atom is -0.497 e. The number of Topliss-reactive ketones (excluding diaryl/α,β-unsaturated/α-hetero) is 1. The lowest BCUT2D eigenvalue weighted by atomic mass is 10.1. The average molecular weight is 445 g/mol. The van der Waals surface area contributed by atoms with E-state index in [-0.39, 0.29) is 5.78 Å². The Labute approximate surface area is 193 Å². The molecule has 8 nitrogen and oxygen atoms in total. The van der Waals surface area contributed by atoms with Crippen molar-refractivity contribution in [3.8, 4) is 17.1 Å². The first-order chi connectivity index (χ1) is 16.0. The van der Waals surface area contributed by atoms with Crippen molar-refractivity contribution >= 4 is 28.3 Å². The SMILES string of the molecule is COc1ccnc(-c2ccnc(Nc3ccc4[nH]c(C(=O)CCCCN(C)C)cc4c3)n2)c1. The van der Waals surface area contributed by atoms with E-state index >= 15 is 0 Å². The fourth-order valence-electron chi connectivity index (χ4n) is 3.58. The summed E-state index contributed by atoms with van der Waals surface area (Å²) in [7, 11) is 5.71. The predicted octanol–water partition coefficient (Wildman–Crippen LogP) is 4.69. The maximum absolute atomic E-state index is 12.6. The van der Waals surface area contributed by atoms with Crippen molar-refractivity contribution in [2.45, 2.75) is 19.3 Å². The van der Waals surface area contributed by atoms with Gasteiger partial charge in [0.15, 0.2) is 5.78 Å². The number of ketones is 1. The van der Waals surface area contributed by atoms with Gasteiger partial charge in [0.25, 0.3) is 0 Å². The van der Waals surface area contributed by atoms with Gasteiger partial charge in [0, 0.05) is 41.5 Å². The molecular formula is C25H28N6O2. The van der Waals surface area contributed by atoms with E-state index in [1.54, 1.807) is 31.6 Å². The minimum absolute atomic E-state index is 0.140. The average Bonchev–Trinajstić information content (AvgIpc) is 3.25. The van der Waals surface area contributed by atoms with Crippen LogP contribution in [0, 0.1) is 0 Å². The Bertz CT molecular complexity index is 1250. The molecule has 0 saturated heterocycles. The fraction of sp³-hybridized carbons (Fsp3) is 0.280. The molecule has 3 aromatic heterocycles. The molecule has 0 aliphatic rings. The van der Waals surface area contributed by atoms with E-state index in [0.29, 0.717) is 35.2 Å². The number of pyridine rings is 1. The van der Waals surface area contributed by atoms with Gasteiger partial charge in [0.1, 0.15) is 5.75 Å². The molecule has 0 aliphatic heterocycles. The summed E-state index contributed by atoms with van der Waals surface area (Å²) in [6, 6.07) is 13.2. The number of hydrogen-bond acceptors (Lipinski definition) is 7. The summed E-state index contributed by atoms with van der Waals surface area (Å²) in [5.41, 5.74) is 3.80. The molecule has 0 atom stereocenters. The number of fused-ring (bicyclic) bond motifs is 1. The van der Waals surface area contributed by atoms with Gasteiger partial charge in [-0.25, -0.2) is 9.97 Å². The van der Waals surface area contributed by atoms with Gasteiger partial charge >= 0.3 is 0 Å². The lowest BCUT2D eigenvalue weighted by Crippen LogP contribution is -2.13. The van der Waals surface area contributed by atoms with Crippen molar-refractivity contribution in [1.82, 2.24) is 24.8 Å². The van der Waals surface area contributed by atoms with Crippen LogP contribution in [0.25, 0.3) is 22.3 Å². The maximum Gasteiger partial charge on any atom is 0.227 e. The molecule has 170 valence electrons. The third-order valence-corrected chi connectivity index (χ3v) is 5.32. The molecule has 0 unspecified atom stereocenters. The topological polar surface area (TPSA) is 96.0 Å². The summed E-state index contributed by atoms with van der Waals surface area (Å²) < 4.78 is 5.27. The summed E-state index contributed by atoms with van der Waals surface area (Å²) in [5, 5.41) is 4.20. The molecule has 0 bridgehead atoms. The lowest BCUT2D eigenvalue weighted by Gasteiger charge is -2.07. The molecule has 0 fully saturated rings. The zero-order valence-electron chi connectivity index (χ0n) is 19.1. The number of unbranched alkanes of at least 4 members (excludes halogenated alkanes) is 1. The molecule has 8 heteroatoms. The molecule has 0 radical (unpaired) electrons. The number of nitrogens with zero attached hydrogens (tertiary/aromatic N) is 4. The number of hydrogen-bond donors (Lipinski definition) is 2. The van der Waals surface area contributed by atoms with Gasteiger partial charge in [-0.15, -0.1) is 0 Å². The molecule has 33 heavy (non-hydrogen) atoms. The highest BCUT2D eigenvalue weighted by Gasteiger charge is 2.11. The van der Waals surface area contributed by atoms with E-state index in [9.17, 15) is 4.79 Å². The van der Waals surface area contributed by atoms with Gasteiger partial charge < -0.3 is 19.9 Å². The quantitative estimate of drug-likeness (QED) is 0.271. The minimum atomic E-state index is 0.140. The van der Waals surface area contributed by atoms with Crippen LogP contribution in [0.2, 0.25) is 0 Å². The number of H-pyrrole nitrogens is 1. The highest BCUT2D eigenvalue weighted by Crippen LogP contribution is 2.24. The van der Waals surface area contributed by atoms with Gasteiger partial charge in [-0.05, 0) is 69.9 Å². The monoisotopic (exact) mass is 444 g/mol. The van der Waals surface area contributed by atoms with E-state index in [0.717, 1.165) is 36.0 Å². The van der Waals surface area contributed by atoms with Crippen LogP contribution in [0.1, 0.15) is 29.8 Å². The summed E-state index contributed by atoms with van der Waals surface area (Å²) in [6.07, 6.45) is 5.81. The van der Waals surface area contributed by atoms with Gasteiger partial charge in [-0.2, -0.15) is 0 Å². The zero-order valence-corrected chi connectivity index (χ0v) is 19.1. The van der Waals surface area contributed by atoms with E-state index in [1.807, 2.05) is 44.4 Å². The largest absolute Gasteiger partial charge is 0.497 e. The van der Waals surface area contributed by atoms with Crippen LogP contribution in [0.3, 0.4) is 0 Å². The first-order valence-electron chi connectivity index (χ1n) is 10.9. The third kappa shape index (κ3) is 5.72. The van der Waals surface area contributed by atoms with Crippen molar-refractivity contribution in [1.29, 1.82) is 0 Å². The van der Waals surface area contributed by atoms with Crippen LogP contribution in [-0.2, 0) is 0 Å². The molecule has 0 amide bonds. The van der Waals surface area contributed by atoms with Gasteiger partial charge in [0.2, 0.25) is 5.95 Å². The Morgan fingerprint density at radius 2 is 1.88 bits per heavy atom. The molecule has 0 saturated carbocycles. The van der Waals surface area contributed by atoms with Crippen LogP contribution >= 0.6 is 0 Å². The normalized spacial score (nSPS) is 11.2. The highest BCUT2D eigenvalue weighted by molar-refractivity contribution is 6.00. The molecule has 4 aromatic rings. The molecule has 2 N–H and O–H groups in total. The van der Waals surface area contributed by atoms with Crippen LogP contribution in [0.4, 0.5) is 11.6 Å². The Hall–Kier alpha value is -3.78. The van der Waals surface area contributed by atoms with Crippen molar-refractivity contribution in [2.24, 2.45) is 0 Å². The summed E-state index contributed by atoms with van der Waals surface area (Å²) in [6.45, 7) is 0.992. The number of aromatic amines is 1. The summed E-state index contributed by atoms with van der Waals surface area (Å²) >= 11 is 0. The smallest absolute Gasteiger partial charge is 0.227 e. The second-order valence-electron chi connectivity index (χ2n) is 8.14. The van der Waals surface area contributed by atoms with Crippen molar-refractivity contribution in [3.05, 3.63) is 60.6 Å². The predicted molar refractivity (Wildman–Crippen MR) is 130 cm³/mol. The van der Waals surface area contributed by atoms with Crippen LogP contribution in [0.15, 0.2) is 54.9 Å². The Morgan fingerprint density at radius 1 is 1.03 bits per heavy atom. The number of benzene rings is 1. The second-order valence-corrected chi connectivity index (χ2v) is 8.14. The second kappa shape index (κ2) is 10.2. The van der Waals surface area contributed by atoms with Crippen LogP contribution in [0.5, 0.6) is 5.75 Å². The Balaban J connectivity index is 1.46. The number of nitrogens with one attached hydrogen (secondary N) is 2. The first kappa shape index (κ1) is 22.4. The molecule has 0 aliphatic carbocycles. The molecule has 0 spiro atoms. The molecule has 1 aromatic carbocycles. The first-order valence-corrected chi connectivity index (χ1v) is 10.9. The molecular weight excluding hydrogens is 416 g/mol. The van der Waals surface area contributed by atoms with Gasteiger partial charge in [-0.1, -0.05) is 0 Å². The molecule has 4 rings (SSSR count). The maximum atomic E-state index is 12.6. The van der Waals surface area contributed by atoms with Crippen molar-refractivity contribution in [3.63, 3.8) is 0 Å². The standard InChI is InChI=1S/C25H28N6O2/c1-31(2)13-5-4-6-24(32)23-15-17-14-18(7-8-20(17)29-23)28-25-27-12-10-21(30-25)22-16-19(33-3)9-11-26-22/h7-12,14-16,29H,4-6,13H2,1-3H3,(H,27,28,30). The highest BCUT2D eigenvalue weighted by atomic mass is 16.5. The Kier molecular flexibility index (Phi) is 6.95. The van der Waals surface area contributed by atoms with E-state index in [4.69, 9.17) is 4.74 Å². The molecule has 3 heterocycles. The Morgan fingerprint density at radius 3 is 2.70 bits per heavy atom. The number of rotatable bonds is 10. The number of carbonyl (C=O) groups is 1. The van der Waals surface area contributed by atoms with Crippen molar-refractivity contribution < 1.29 is 9.53 Å². The summed E-state index contributed by atoms with van der Waals surface area (Å²) in [4.78, 5) is 31.2. The number of aromatic nitrogens is 4. The number of methoxy groups -OCH3 is 1.